The minimum Gasteiger partial charge on any atom is -0.461 e. The predicted molar refractivity (Wildman–Crippen MR) is 51.4 cm³/mol. The van der Waals surface area contributed by atoms with E-state index in [2.05, 4.69) is 5.32 Å². The van der Waals surface area contributed by atoms with Crippen LogP contribution in [0.4, 0.5) is 0 Å². The average molecular weight is 185 g/mol. The first-order valence-electron chi connectivity index (χ1n) is 5.08. The van der Waals surface area contributed by atoms with Crippen molar-refractivity contribution in [3.63, 3.8) is 0 Å². The molecule has 1 rings (SSSR count). The fraction of sp³-hybridized carbons (Fsp3) is 0.900. The molecule has 3 nitrogen and oxygen atoms in total. The predicted octanol–water partition coefficient (Wildman–Crippen LogP) is 1.33. The highest BCUT2D eigenvalue weighted by molar-refractivity contribution is 5.69. The third kappa shape index (κ3) is 4.27. The lowest BCUT2D eigenvalue weighted by Crippen LogP contribution is -2.36. The quantitative estimate of drug-likeness (QED) is 0.674. The molecule has 1 aliphatic rings. The Hall–Kier alpha value is -0.570. The zero-order valence-corrected chi connectivity index (χ0v) is 8.51. The van der Waals surface area contributed by atoms with Crippen molar-refractivity contribution in [1.82, 2.24) is 5.32 Å². The number of hydrogen-bond acceptors (Lipinski definition) is 3. The molecule has 13 heavy (non-hydrogen) atoms. The number of carbonyl (C=O) groups is 1. The third-order valence-corrected chi connectivity index (χ3v) is 2.12. The van der Waals surface area contributed by atoms with E-state index in [0.29, 0.717) is 12.3 Å². The highest BCUT2D eigenvalue weighted by atomic mass is 16.5. The molecule has 1 heterocycles. The Labute approximate surface area is 79.8 Å². The highest BCUT2D eigenvalue weighted by Crippen LogP contribution is 2.09. The van der Waals surface area contributed by atoms with Gasteiger partial charge in [-0.15, -0.1) is 0 Å². The van der Waals surface area contributed by atoms with Crippen molar-refractivity contribution < 1.29 is 9.53 Å². The molecule has 0 unspecified atom stereocenters. The van der Waals surface area contributed by atoms with Crippen LogP contribution in [0.1, 0.15) is 33.1 Å². The third-order valence-electron chi connectivity index (χ3n) is 2.12. The van der Waals surface area contributed by atoms with Gasteiger partial charge < -0.3 is 10.1 Å². The number of rotatable bonds is 3. The van der Waals surface area contributed by atoms with E-state index in [-0.39, 0.29) is 12.1 Å². The number of piperidine rings is 1. The zero-order chi connectivity index (χ0) is 9.68. The number of esters is 1. The number of carbonyl (C=O) groups excluding carboxylic acids is 1. The van der Waals surface area contributed by atoms with E-state index in [1.807, 2.05) is 13.8 Å². The maximum atomic E-state index is 11.3. The molecule has 0 spiro atoms. The van der Waals surface area contributed by atoms with Crippen LogP contribution < -0.4 is 5.32 Å². The second-order valence-electron chi connectivity index (χ2n) is 4.06. The van der Waals surface area contributed by atoms with Gasteiger partial charge in [0.15, 0.2) is 0 Å². The van der Waals surface area contributed by atoms with E-state index < -0.39 is 0 Å². The van der Waals surface area contributed by atoms with Gasteiger partial charge in [-0.25, -0.2) is 0 Å². The van der Waals surface area contributed by atoms with Crippen LogP contribution in [0.5, 0.6) is 0 Å². The number of ether oxygens (including phenoxy) is 1. The monoisotopic (exact) mass is 185 g/mol. The van der Waals surface area contributed by atoms with Crippen molar-refractivity contribution in [2.75, 3.05) is 13.1 Å². The summed E-state index contributed by atoms with van der Waals surface area (Å²) in [5, 5.41) is 3.22. The Morgan fingerprint density at radius 1 is 1.62 bits per heavy atom. The molecule has 3 heteroatoms. The Kier molecular flexibility index (Phi) is 4.22. The topological polar surface area (TPSA) is 38.3 Å². The first-order chi connectivity index (χ1) is 6.18. The summed E-state index contributed by atoms with van der Waals surface area (Å²) in [5.41, 5.74) is 0. The second kappa shape index (κ2) is 5.22. The van der Waals surface area contributed by atoms with Crippen LogP contribution in [0.25, 0.3) is 0 Å². The van der Waals surface area contributed by atoms with E-state index in [1.165, 1.54) is 0 Å². The van der Waals surface area contributed by atoms with Crippen LogP contribution in [0.15, 0.2) is 0 Å². The Morgan fingerprint density at radius 2 is 2.38 bits per heavy atom. The fourth-order valence-electron chi connectivity index (χ4n) is 1.49. The van der Waals surface area contributed by atoms with Crippen LogP contribution in [-0.4, -0.2) is 25.2 Å². The van der Waals surface area contributed by atoms with Gasteiger partial charge in [-0.3, -0.25) is 4.79 Å². The molecule has 1 atom stereocenters. The van der Waals surface area contributed by atoms with Gasteiger partial charge in [-0.05, 0) is 25.3 Å². The molecule has 0 radical (unpaired) electrons. The van der Waals surface area contributed by atoms with Gasteiger partial charge in [0, 0.05) is 13.0 Å². The van der Waals surface area contributed by atoms with E-state index in [0.717, 1.165) is 25.9 Å². The van der Waals surface area contributed by atoms with E-state index >= 15 is 0 Å². The average Bonchev–Trinajstić information content (AvgIpc) is 2.04. The van der Waals surface area contributed by atoms with Crippen molar-refractivity contribution in [3.8, 4) is 0 Å². The van der Waals surface area contributed by atoms with Crippen molar-refractivity contribution in [2.24, 2.45) is 5.92 Å². The van der Waals surface area contributed by atoms with Gasteiger partial charge in [0.2, 0.25) is 0 Å². The Balaban J connectivity index is 2.18. The minimum absolute atomic E-state index is 0.0521. The molecule has 0 aromatic heterocycles. The summed E-state index contributed by atoms with van der Waals surface area (Å²) >= 11 is 0. The van der Waals surface area contributed by atoms with Gasteiger partial charge in [0.05, 0.1) is 0 Å². The summed E-state index contributed by atoms with van der Waals surface area (Å²) in [4.78, 5) is 11.3. The normalized spacial score (nSPS) is 23.2. The van der Waals surface area contributed by atoms with Crippen molar-refractivity contribution in [3.05, 3.63) is 0 Å². The first-order valence-corrected chi connectivity index (χ1v) is 5.08. The van der Waals surface area contributed by atoms with Crippen molar-refractivity contribution >= 4 is 5.97 Å². The van der Waals surface area contributed by atoms with Crippen LogP contribution in [0, 0.1) is 5.92 Å². The molecule has 0 aliphatic carbocycles. The molecule has 0 amide bonds. The van der Waals surface area contributed by atoms with Gasteiger partial charge in [0.1, 0.15) is 6.10 Å². The molecule has 0 aromatic rings. The lowest BCUT2D eigenvalue weighted by atomic mass is 10.1. The van der Waals surface area contributed by atoms with Crippen LogP contribution >= 0.6 is 0 Å². The van der Waals surface area contributed by atoms with Crippen LogP contribution in [-0.2, 0) is 9.53 Å². The number of nitrogens with one attached hydrogen (secondary N) is 1. The van der Waals surface area contributed by atoms with Gasteiger partial charge in [0.25, 0.3) is 0 Å². The lowest BCUT2D eigenvalue weighted by Gasteiger charge is -2.23. The maximum Gasteiger partial charge on any atom is 0.306 e. The van der Waals surface area contributed by atoms with Gasteiger partial charge in [-0.2, -0.15) is 0 Å². The van der Waals surface area contributed by atoms with Crippen molar-refractivity contribution in [1.29, 1.82) is 0 Å². The number of hydrogen-bond donors (Lipinski definition) is 1. The molecule has 0 aromatic carbocycles. The van der Waals surface area contributed by atoms with E-state index in [4.69, 9.17) is 4.74 Å². The van der Waals surface area contributed by atoms with Gasteiger partial charge in [-0.1, -0.05) is 13.8 Å². The van der Waals surface area contributed by atoms with Crippen LogP contribution in [0.3, 0.4) is 0 Å². The molecule has 0 saturated carbocycles. The smallest absolute Gasteiger partial charge is 0.306 e. The fourth-order valence-corrected chi connectivity index (χ4v) is 1.49. The van der Waals surface area contributed by atoms with E-state index in [9.17, 15) is 4.79 Å². The SMILES string of the molecule is CC(C)CC(=O)O[C@@H]1CCCNC1. The summed E-state index contributed by atoms with van der Waals surface area (Å²) < 4.78 is 5.30. The maximum absolute atomic E-state index is 11.3. The highest BCUT2D eigenvalue weighted by Gasteiger charge is 2.17. The molecule has 1 fully saturated rings. The Bertz CT molecular complexity index is 162. The minimum atomic E-state index is -0.0521. The molecular formula is C10H19NO2. The summed E-state index contributed by atoms with van der Waals surface area (Å²) in [6, 6.07) is 0. The summed E-state index contributed by atoms with van der Waals surface area (Å²) in [5.74, 6) is 0.341. The molecule has 76 valence electrons. The second-order valence-corrected chi connectivity index (χ2v) is 4.06. The van der Waals surface area contributed by atoms with Gasteiger partial charge >= 0.3 is 5.97 Å². The standard InChI is InChI=1S/C10H19NO2/c1-8(2)6-10(12)13-9-4-3-5-11-7-9/h8-9,11H,3-7H2,1-2H3/t9-/m1/s1. The molecule has 1 N–H and O–H groups in total. The summed E-state index contributed by atoms with van der Waals surface area (Å²) in [7, 11) is 0. The van der Waals surface area contributed by atoms with E-state index in [1.54, 1.807) is 0 Å². The molecule has 1 saturated heterocycles. The molecule has 1 aliphatic heterocycles. The summed E-state index contributed by atoms with van der Waals surface area (Å²) in [6.45, 7) is 5.93. The molecule has 0 bridgehead atoms. The Morgan fingerprint density at radius 3 is 2.92 bits per heavy atom. The van der Waals surface area contributed by atoms with Crippen molar-refractivity contribution in [2.45, 2.75) is 39.2 Å². The largest absolute Gasteiger partial charge is 0.461 e. The summed E-state index contributed by atoms with van der Waals surface area (Å²) in [6.07, 6.45) is 2.77. The zero-order valence-electron chi connectivity index (χ0n) is 8.51. The lowest BCUT2D eigenvalue weighted by molar-refractivity contribution is -0.150. The van der Waals surface area contributed by atoms with Crippen LogP contribution in [0.2, 0.25) is 0 Å². The molecular weight excluding hydrogens is 166 g/mol. The first kappa shape index (κ1) is 10.5.